The third-order valence-corrected chi connectivity index (χ3v) is 5.43. The van der Waals surface area contributed by atoms with Gasteiger partial charge in [-0.1, -0.05) is 38.5 Å². The van der Waals surface area contributed by atoms with Crippen LogP contribution in [-0.4, -0.2) is 4.68 Å². The van der Waals surface area contributed by atoms with Gasteiger partial charge in [-0.25, -0.2) is 0 Å². The van der Waals surface area contributed by atoms with Gasteiger partial charge in [0.2, 0.25) is 0 Å². The quantitative estimate of drug-likeness (QED) is 0.750. The summed E-state index contributed by atoms with van der Waals surface area (Å²) in [5.74, 6) is 0. The second kappa shape index (κ2) is 5.32. The highest BCUT2D eigenvalue weighted by molar-refractivity contribution is 5.47. The smallest absolute Gasteiger partial charge is 0.128 e. The molecule has 0 aliphatic carbocycles. The molecule has 0 fully saturated rings. The average Bonchev–Trinajstić information content (AvgIpc) is 2.87. The van der Waals surface area contributed by atoms with Crippen molar-refractivity contribution < 1.29 is 4.68 Å². The Morgan fingerprint density at radius 1 is 1.19 bits per heavy atom. The Bertz CT molecular complexity index is 648. The summed E-state index contributed by atoms with van der Waals surface area (Å²) in [7, 11) is 0. The lowest BCUT2D eigenvalue weighted by molar-refractivity contribution is -0.766. The van der Waals surface area contributed by atoms with E-state index in [0.717, 1.165) is 13.0 Å². The lowest BCUT2D eigenvalue weighted by Crippen LogP contribution is -2.41. The fraction of sp³-hybridized carbons (Fsp3) is 0.526. The number of nitrogens with zero attached hydrogens (tertiary/aromatic N) is 2. The summed E-state index contributed by atoms with van der Waals surface area (Å²) in [5, 5.41) is 0. The van der Waals surface area contributed by atoms with Crippen molar-refractivity contribution in [1.82, 2.24) is 4.68 Å². The Labute approximate surface area is 128 Å². The maximum atomic E-state index is 2.42. The Hall–Kier alpha value is -1.57. The zero-order valence-corrected chi connectivity index (χ0v) is 13.8. The van der Waals surface area contributed by atoms with Crippen molar-refractivity contribution in [3.8, 4) is 5.69 Å². The molecule has 2 heteroatoms. The molecule has 112 valence electrons. The van der Waals surface area contributed by atoms with Crippen molar-refractivity contribution in [2.24, 2.45) is 0 Å². The van der Waals surface area contributed by atoms with Crippen molar-refractivity contribution in [1.29, 1.82) is 0 Å². The summed E-state index contributed by atoms with van der Waals surface area (Å²) in [6, 6.07) is 6.98. The van der Waals surface area contributed by atoms with Crippen LogP contribution in [0.25, 0.3) is 5.69 Å². The maximum absolute atomic E-state index is 2.42. The number of aromatic nitrogens is 2. The molecule has 2 heterocycles. The highest BCUT2D eigenvalue weighted by Gasteiger charge is 2.37. The zero-order chi connectivity index (χ0) is 15.0. The van der Waals surface area contributed by atoms with Crippen LogP contribution in [0.4, 0.5) is 0 Å². The van der Waals surface area contributed by atoms with Crippen molar-refractivity contribution in [2.75, 3.05) is 0 Å². The summed E-state index contributed by atoms with van der Waals surface area (Å²) < 4.78 is 4.78. The molecule has 0 N–H and O–H groups in total. The molecule has 0 atom stereocenters. The SMILES string of the molecule is CCc1cn2[n+](c1)CCC(CC)(CC)c1cc(C)ccc1-2. The minimum Gasteiger partial charge on any atom is -0.128 e. The van der Waals surface area contributed by atoms with Crippen molar-refractivity contribution in [3.63, 3.8) is 0 Å². The van der Waals surface area contributed by atoms with Gasteiger partial charge in [-0.2, -0.15) is 0 Å². The molecule has 1 aliphatic heterocycles. The fourth-order valence-corrected chi connectivity index (χ4v) is 3.80. The minimum absolute atomic E-state index is 0.319. The minimum atomic E-state index is 0.319. The molecule has 0 amide bonds. The summed E-state index contributed by atoms with van der Waals surface area (Å²) in [4.78, 5) is 0. The van der Waals surface area contributed by atoms with Gasteiger partial charge < -0.3 is 0 Å². The van der Waals surface area contributed by atoms with Crippen LogP contribution in [-0.2, 0) is 18.4 Å². The molecule has 1 aromatic heterocycles. The number of aryl methyl sites for hydroxylation is 3. The van der Waals surface area contributed by atoms with Crippen molar-refractivity contribution in [2.45, 2.75) is 65.3 Å². The van der Waals surface area contributed by atoms with E-state index in [2.05, 4.69) is 67.7 Å². The molecular formula is C19H27N2+. The Kier molecular flexibility index (Phi) is 3.64. The topological polar surface area (TPSA) is 8.81 Å². The van der Waals surface area contributed by atoms with Crippen LogP contribution in [0.15, 0.2) is 30.6 Å². The van der Waals surface area contributed by atoms with Gasteiger partial charge in [0.1, 0.15) is 5.69 Å². The van der Waals surface area contributed by atoms with E-state index in [1.807, 2.05) is 0 Å². The van der Waals surface area contributed by atoms with E-state index in [1.165, 1.54) is 41.6 Å². The van der Waals surface area contributed by atoms with E-state index in [9.17, 15) is 0 Å². The fourth-order valence-electron chi connectivity index (χ4n) is 3.80. The first-order valence-electron chi connectivity index (χ1n) is 8.36. The van der Waals surface area contributed by atoms with Gasteiger partial charge in [0.25, 0.3) is 0 Å². The lowest BCUT2D eigenvalue weighted by Gasteiger charge is -2.31. The van der Waals surface area contributed by atoms with Gasteiger partial charge in [-0.15, -0.1) is 9.36 Å². The summed E-state index contributed by atoms with van der Waals surface area (Å²) in [6.45, 7) is 10.2. The average molecular weight is 283 g/mol. The lowest BCUT2D eigenvalue weighted by atomic mass is 9.72. The Balaban J connectivity index is 2.26. The summed E-state index contributed by atoms with van der Waals surface area (Å²) in [6.07, 6.45) is 9.40. The second-order valence-electron chi connectivity index (χ2n) is 6.45. The maximum Gasteiger partial charge on any atom is 0.199 e. The number of hydrogen-bond donors (Lipinski definition) is 0. The van der Waals surface area contributed by atoms with Gasteiger partial charge in [-0.05, 0) is 37.8 Å². The molecular weight excluding hydrogens is 256 g/mol. The van der Waals surface area contributed by atoms with Gasteiger partial charge in [-0.3, -0.25) is 0 Å². The van der Waals surface area contributed by atoms with E-state index in [1.54, 1.807) is 0 Å². The van der Waals surface area contributed by atoms with Crippen LogP contribution in [0.3, 0.4) is 0 Å². The van der Waals surface area contributed by atoms with Crippen LogP contribution < -0.4 is 4.68 Å². The van der Waals surface area contributed by atoms with Crippen molar-refractivity contribution in [3.05, 3.63) is 47.3 Å². The molecule has 3 rings (SSSR count). The van der Waals surface area contributed by atoms with Crippen LogP contribution in [0, 0.1) is 6.92 Å². The molecule has 0 saturated carbocycles. The summed E-state index contributed by atoms with van der Waals surface area (Å²) >= 11 is 0. The molecule has 0 bridgehead atoms. The van der Waals surface area contributed by atoms with Gasteiger partial charge >= 0.3 is 0 Å². The Morgan fingerprint density at radius 2 is 1.95 bits per heavy atom. The predicted molar refractivity (Wildman–Crippen MR) is 87.0 cm³/mol. The highest BCUT2D eigenvalue weighted by Crippen LogP contribution is 2.40. The normalized spacial score (nSPS) is 16.2. The number of benzene rings is 1. The van der Waals surface area contributed by atoms with Gasteiger partial charge in [0.05, 0.1) is 6.20 Å². The molecule has 0 radical (unpaired) electrons. The largest absolute Gasteiger partial charge is 0.199 e. The zero-order valence-electron chi connectivity index (χ0n) is 13.8. The molecule has 2 nitrogen and oxygen atoms in total. The highest BCUT2D eigenvalue weighted by atomic mass is 15.4. The van der Waals surface area contributed by atoms with Crippen molar-refractivity contribution >= 4 is 0 Å². The molecule has 0 unspecified atom stereocenters. The van der Waals surface area contributed by atoms with Crippen LogP contribution >= 0.6 is 0 Å². The molecule has 2 aromatic rings. The summed E-state index contributed by atoms with van der Waals surface area (Å²) in [5.41, 5.74) is 6.02. The molecule has 1 aliphatic rings. The molecule has 0 saturated heterocycles. The van der Waals surface area contributed by atoms with Gasteiger partial charge in [0.15, 0.2) is 12.7 Å². The van der Waals surface area contributed by atoms with Crippen LogP contribution in [0.1, 0.15) is 56.7 Å². The van der Waals surface area contributed by atoms with Crippen LogP contribution in [0.2, 0.25) is 0 Å². The number of fused-ring (bicyclic) bond motifs is 3. The molecule has 0 spiro atoms. The van der Waals surface area contributed by atoms with E-state index in [0.29, 0.717) is 5.41 Å². The van der Waals surface area contributed by atoms with Gasteiger partial charge in [0, 0.05) is 17.4 Å². The van der Waals surface area contributed by atoms with E-state index in [4.69, 9.17) is 0 Å². The molecule has 1 aromatic carbocycles. The number of hydrogen-bond acceptors (Lipinski definition) is 0. The third kappa shape index (κ3) is 2.21. The predicted octanol–water partition coefficient (Wildman–Crippen LogP) is 4.10. The number of rotatable bonds is 3. The molecule has 21 heavy (non-hydrogen) atoms. The standard InChI is InChI=1S/C19H27N2/c1-5-16-13-20-11-10-19(6-2,7-3)17-12-15(4)8-9-18(17)21(20)14-16/h8-9,12-14H,5-7,10-11H2,1-4H3/q+1. The van der Waals surface area contributed by atoms with E-state index < -0.39 is 0 Å². The van der Waals surface area contributed by atoms with E-state index >= 15 is 0 Å². The first-order valence-corrected chi connectivity index (χ1v) is 8.36. The van der Waals surface area contributed by atoms with Crippen LogP contribution in [0.5, 0.6) is 0 Å². The second-order valence-corrected chi connectivity index (χ2v) is 6.45. The van der Waals surface area contributed by atoms with E-state index in [-0.39, 0.29) is 0 Å². The monoisotopic (exact) mass is 283 g/mol. The first-order chi connectivity index (χ1) is 10.1. The third-order valence-electron chi connectivity index (χ3n) is 5.43. The first kappa shape index (κ1) is 14.4. The Morgan fingerprint density at radius 3 is 2.62 bits per heavy atom.